The lowest BCUT2D eigenvalue weighted by Gasteiger charge is -2.33. The zero-order valence-corrected chi connectivity index (χ0v) is 21.9. The summed E-state index contributed by atoms with van der Waals surface area (Å²) in [7, 11) is 0. The van der Waals surface area contributed by atoms with Crippen molar-refractivity contribution in [3.63, 3.8) is 0 Å². The maximum absolute atomic E-state index is 14.1. The van der Waals surface area contributed by atoms with Crippen LogP contribution >= 0.6 is 0 Å². The molecule has 0 spiro atoms. The smallest absolute Gasteiger partial charge is 0.416 e. The van der Waals surface area contributed by atoms with Crippen molar-refractivity contribution in [1.82, 2.24) is 20.4 Å². The van der Waals surface area contributed by atoms with E-state index in [1.807, 2.05) is 30.3 Å². The molecule has 41 heavy (non-hydrogen) atoms. The first-order chi connectivity index (χ1) is 19.7. The van der Waals surface area contributed by atoms with Gasteiger partial charge in [0.05, 0.1) is 42.2 Å². The molecule has 0 saturated heterocycles. The molecule has 0 fully saturated rings. The lowest BCUT2D eigenvalue weighted by atomic mass is 9.94. The van der Waals surface area contributed by atoms with E-state index in [0.29, 0.717) is 17.0 Å². The number of amides is 4. The van der Waals surface area contributed by atoms with Crippen LogP contribution in [0.5, 0.6) is 0 Å². The van der Waals surface area contributed by atoms with E-state index in [0.717, 1.165) is 17.7 Å². The molecular weight excluding hydrogens is 537 g/mol. The van der Waals surface area contributed by atoms with Crippen LogP contribution in [-0.4, -0.2) is 46.8 Å². The molecule has 3 aromatic rings. The zero-order chi connectivity index (χ0) is 29.1. The number of hydrogen-bond acceptors (Lipinski definition) is 4. The Hall–Kier alpha value is -4.80. The average molecular weight is 565 g/mol. The number of hydrogen-bond donors (Lipinski definition) is 2. The minimum atomic E-state index is -4.53. The van der Waals surface area contributed by atoms with E-state index in [1.54, 1.807) is 12.1 Å². The van der Waals surface area contributed by atoms with Crippen molar-refractivity contribution in [1.29, 1.82) is 0 Å². The van der Waals surface area contributed by atoms with Crippen LogP contribution in [0.25, 0.3) is 0 Å². The van der Waals surface area contributed by atoms with Gasteiger partial charge in [-0.05, 0) is 35.4 Å². The Morgan fingerprint density at radius 3 is 2.46 bits per heavy atom. The number of rotatable bonds is 9. The molecule has 2 atom stereocenters. The van der Waals surface area contributed by atoms with Crippen LogP contribution in [0, 0.1) is 0 Å². The van der Waals surface area contributed by atoms with Crippen molar-refractivity contribution in [2.24, 2.45) is 0 Å². The van der Waals surface area contributed by atoms with E-state index in [1.165, 1.54) is 34.3 Å². The highest BCUT2D eigenvalue weighted by molar-refractivity contribution is 6.03. The van der Waals surface area contributed by atoms with Gasteiger partial charge in [0.1, 0.15) is 11.8 Å². The van der Waals surface area contributed by atoms with Gasteiger partial charge in [0.2, 0.25) is 5.91 Å². The fourth-order valence-electron chi connectivity index (χ4n) is 5.09. The van der Waals surface area contributed by atoms with Crippen molar-refractivity contribution in [2.75, 3.05) is 13.1 Å². The molecule has 0 bridgehead atoms. The summed E-state index contributed by atoms with van der Waals surface area (Å²) < 4.78 is 44.9. The average Bonchev–Trinajstić information content (AvgIpc) is 3.60. The number of halogens is 3. The van der Waals surface area contributed by atoms with E-state index < -0.39 is 41.7 Å². The summed E-state index contributed by atoms with van der Waals surface area (Å²) in [4.78, 5) is 43.5. The predicted molar refractivity (Wildman–Crippen MR) is 143 cm³/mol. The monoisotopic (exact) mass is 564 g/mol. The molecule has 2 aliphatic rings. The number of alkyl halides is 3. The molecular formula is C30H27F3N4O4. The Morgan fingerprint density at radius 2 is 1.83 bits per heavy atom. The van der Waals surface area contributed by atoms with Crippen molar-refractivity contribution in [3.05, 3.63) is 119 Å². The molecule has 3 heterocycles. The van der Waals surface area contributed by atoms with Gasteiger partial charge >= 0.3 is 12.2 Å². The molecule has 0 saturated carbocycles. The Kier molecular flexibility index (Phi) is 7.69. The molecule has 0 aliphatic carbocycles. The van der Waals surface area contributed by atoms with Gasteiger partial charge in [-0.3, -0.25) is 14.5 Å². The SMILES string of the molecule is C=CCN1C(=O)N[C@H](c2ccc(C(F)(F)F)cc2)C2=C1CN([C@H](Cc1ccccc1)C(=O)NCc1ccco1)C2=O. The highest BCUT2D eigenvalue weighted by Gasteiger charge is 2.47. The van der Waals surface area contributed by atoms with Gasteiger partial charge in [-0.2, -0.15) is 13.2 Å². The first-order valence-corrected chi connectivity index (χ1v) is 12.9. The minimum absolute atomic E-state index is 0.0434. The molecule has 1 aromatic heterocycles. The van der Waals surface area contributed by atoms with Gasteiger partial charge in [0.25, 0.3) is 5.91 Å². The van der Waals surface area contributed by atoms with Crippen LogP contribution in [0.1, 0.15) is 28.5 Å². The number of carbonyl (C=O) groups excluding carboxylic acids is 3. The fourth-order valence-corrected chi connectivity index (χ4v) is 5.09. The quantitative estimate of drug-likeness (QED) is 0.372. The predicted octanol–water partition coefficient (Wildman–Crippen LogP) is 4.57. The third-order valence-corrected chi connectivity index (χ3v) is 7.10. The van der Waals surface area contributed by atoms with Gasteiger partial charge in [0.15, 0.2) is 0 Å². The lowest BCUT2D eigenvalue weighted by molar-refractivity contribution is -0.137. The van der Waals surface area contributed by atoms with Crippen molar-refractivity contribution >= 4 is 17.8 Å². The number of nitrogens with one attached hydrogen (secondary N) is 2. The highest BCUT2D eigenvalue weighted by Crippen LogP contribution is 2.38. The second-order valence-corrected chi connectivity index (χ2v) is 9.70. The third-order valence-electron chi connectivity index (χ3n) is 7.10. The number of furan rings is 1. The van der Waals surface area contributed by atoms with Gasteiger partial charge < -0.3 is 20.0 Å². The Morgan fingerprint density at radius 1 is 1.10 bits per heavy atom. The largest absolute Gasteiger partial charge is 0.467 e. The van der Waals surface area contributed by atoms with Gasteiger partial charge in [0, 0.05) is 13.0 Å². The van der Waals surface area contributed by atoms with Crippen molar-refractivity contribution < 1.29 is 32.0 Å². The molecule has 0 unspecified atom stereocenters. The van der Waals surface area contributed by atoms with E-state index in [2.05, 4.69) is 17.2 Å². The number of carbonyl (C=O) groups is 3. The molecule has 11 heteroatoms. The number of benzene rings is 2. The summed E-state index contributed by atoms with van der Waals surface area (Å²) in [6.45, 7) is 3.86. The minimum Gasteiger partial charge on any atom is -0.467 e. The van der Waals surface area contributed by atoms with Gasteiger partial charge in [-0.1, -0.05) is 48.5 Å². The van der Waals surface area contributed by atoms with E-state index >= 15 is 0 Å². The maximum Gasteiger partial charge on any atom is 0.416 e. The van der Waals surface area contributed by atoms with Gasteiger partial charge in [-0.15, -0.1) is 6.58 Å². The first-order valence-electron chi connectivity index (χ1n) is 12.9. The topological polar surface area (TPSA) is 94.9 Å². The molecule has 8 nitrogen and oxygen atoms in total. The maximum atomic E-state index is 14.1. The number of urea groups is 1. The number of nitrogens with zero attached hydrogens (tertiary/aromatic N) is 2. The van der Waals surface area contributed by atoms with Crippen LogP contribution < -0.4 is 10.6 Å². The molecule has 5 rings (SSSR count). The van der Waals surface area contributed by atoms with Crippen LogP contribution in [0.4, 0.5) is 18.0 Å². The molecule has 0 radical (unpaired) electrons. The van der Waals surface area contributed by atoms with E-state index in [9.17, 15) is 27.6 Å². The van der Waals surface area contributed by atoms with E-state index in [-0.39, 0.29) is 31.6 Å². The van der Waals surface area contributed by atoms with Crippen LogP contribution in [0.2, 0.25) is 0 Å². The first kappa shape index (κ1) is 27.8. The second kappa shape index (κ2) is 11.4. The molecule has 2 aliphatic heterocycles. The molecule has 212 valence electrons. The summed E-state index contributed by atoms with van der Waals surface area (Å²) in [6, 6.07) is 14.5. The van der Waals surface area contributed by atoms with E-state index in [4.69, 9.17) is 4.42 Å². The Labute approximate surface area is 234 Å². The summed E-state index contributed by atoms with van der Waals surface area (Å²) in [5.41, 5.74) is 0.860. The van der Waals surface area contributed by atoms with Crippen LogP contribution in [0.15, 0.2) is 101 Å². The van der Waals surface area contributed by atoms with Crippen molar-refractivity contribution in [2.45, 2.75) is 31.2 Å². The second-order valence-electron chi connectivity index (χ2n) is 9.70. The Balaban J connectivity index is 1.49. The third kappa shape index (κ3) is 5.74. The molecule has 4 amide bonds. The lowest BCUT2D eigenvalue weighted by Crippen LogP contribution is -2.49. The van der Waals surface area contributed by atoms with Crippen LogP contribution in [0.3, 0.4) is 0 Å². The summed E-state index contributed by atoms with van der Waals surface area (Å²) in [6.07, 6.45) is -1.34. The zero-order valence-electron chi connectivity index (χ0n) is 21.9. The summed E-state index contributed by atoms with van der Waals surface area (Å²) in [5, 5.41) is 5.58. The standard InChI is InChI=1S/C30H27F3N4O4/c1-2-14-36-24-18-37(23(16-19-7-4-3-5-8-19)27(38)34-17-22-9-6-15-41-22)28(39)25(24)26(35-29(36)40)20-10-12-21(13-11-20)30(31,32)33/h2-13,15,23,26H,1,14,16-18H2,(H,34,38)(H,35,40)/t23-,26-/m1/s1. The van der Waals surface area contributed by atoms with Crippen LogP contribution in [-0.2, 0) is 28.7 Å². The normalized spacial score (nSPS) is 17.8. The molecule has 2 N–H and O–H groups in total. The highest BCUT2D eigenvalue weighted by atomic mass is 19.4. The summed E-state index contributed by atoms with van der Waals surface area (Å²) >= 11 is 0. The van der Waals surface area contributed by atoms with Gasteiger partial charge in [-0.25, -0.2) is 4.79 Å². The molecule has 2 aromatic carbocycles. The Bertz CT molecular complexity index is 1470. The summed E-state index contributed by atoms with van der Waals surface area (Å²) in [5.74, 6) is -0.372. The fraction of sp³-hybridized carbons (Fsp3) is 0.233. The van der Waals surface area contributed by atoms with Crippen molar-refractivity contribution in [3.8, 4) is 0 Å².